The van der Waals surface area contributed by atoms with Crippen LogP contribution >= 0.6 is 24.0 Å². The lowest BCUT2D eigenvalue weighted by atomic mass is 10.1. The van der Waals surface area contributed by atoms with Gasteiger partial charge < -0.3 is 5.32 Å². The van der Waals surface area contributed by atoms with Crippen molar-refractivity contribution in [2.45, 2.75) is 46.0 Å². The normalized spacial score (nSPS) is 15.0. The lowest BCUT2D eigenvalue weighted by Crippen LogP contribution is -2.29. The number of unbranched alkanes of at least 4 members (excludes halogenated alkanes) is 2. The Balaban J connectivity index is 1.42. The summed E-state index contributed by atoms with van der Waals surface area (Å²) in [7, 11) is 0. The molecule has 0 spiro atoms. The zero-order valence-electron chi connectivity index (χ0n) is 18.0. The second-order valence-corrected chi connectivity index (χ2v) is 9.29. The third-order valence-corrected chi connectivity index (χ3v) is 6.58. The summed E-state index contributed by atoms with van der Waals surface area (Å²) < 4.78 is 0.609. The van der Waals surface area contributed by atoms with Crippen molar-refractivity contribution in [2.75, 3.05) is 11.9 Å². The van der Waals surface area contributed by atoms with Gasteiger partial charge in [-0.25, -0.2) is 0 Å². The SMILES string of the molecule is CCc1ccccc1NC(=O)CCCCCN1C(=O)C(=Cc2ccc(C)cc2)SC1=S. The molecule has 4 nitrogen and oxygen atoms in total. The summed E-state index contributed by atoms with van der Waals surface area (Å²) in [6.45, 7) is 4.71. The number of thiocarbonyl (C=S) groups is 1. The van der Waals surface area contributed by atoms with Crippen molar-refractivity contribution in [1.82, 2.24) is 4.90 Å². The van der Waals surface area contributed by atoms with Gasteiger partial charge in [0.05, 0.1) is 4.91 Å². The van der Waals surface area contributed by atoms with Gasteiger partial charge in [0.15, 0.2) is 0 Å². The third kappa shape index (κ3) is 6.52. The van der Waals surface area contributed by atoms with E-state index in [0.29, 0.717) is 22.2 Å². The molecule has 0 bridgehead atoms. The van der Waals surface area contributed by atoms with E-state index in [9.17, 15) is 9.59 Å². The highest BCUT2D eigenvalue weighted by atomic mass is 32.2. The number of nitrogens with one attached hydrogen (secondary N) is 1. The fraction of sp³-hybridized carbons (Fsp3) is 0.320. The van der Waals surface area contributed by atoms with Gasteiger partial charge in [0.25, 0.3) is 5.91 Å². The number of carbonyl (C=O) groups is 2. The van der Waals surface area contributed by atoms with Gasteiger partial charge in [-0.05, 0) is 49.5 Å². The average Bonchev–Trinajstić information content (AvgIpc) is 3.02. The molecule has 6 heteroatoms. The molecule has 0 unspecified atom stereocenters. The highest BCUT2D eigenvalue weighted by Crippen LogP contribution is 2.32. The molecule has 1 N–H and O–H groups in total. The minimum absolute atomic E-state index is 0.0236. The average molecular weight is 453 g/mol. The summed E-state index contributed by atoms with van der Waals surface area (Å²) in [5.41, 5.74) is 4.23. The van der Waals surface area contributed by atoms with Gasteiger partial charge in [0, 0.05) is 18.7 Å². The van der Waals surface area contributed by atoms with E-state index in [1.165, 1.54) is 17.3 Å². The van der Waals surface area contributed by atoms with E-state index in [-0.39, 0.29) is 11.8 Å². The molecule has 0 saturated carbocycles. The van der Waals surface area contributed by atoms with Crippen LogP contribution in [-0.4, -0.2) is 27.6 Å². The van der Waals surface area contributed by atoms with E-state index < -0.39 is 0 Å². The van der Waals surface area contributed by atoms with E-state index in [4.69, 9.17) is 12.2 Å². The van der Waals surface area contributed by atoms with Crippen molar-refractivity contribution in [3.63, 3.8) is 0 Å². The summed E-state index contributed by atoms with van der Waals surface area (Å²) in [5.74, 6) is 0.0111. The Hall–Kier alpha value is -2.44. The van der Waals surface area contributed by atoms with Crippen LogP contribution in [0.2, 0.25) is 0 Å². The molecule has 0 aliphatic carbocycles. The summed E-state index contributed by atoms with van der Waals surface area (Å²) in [6.07, 6.45) is 5.74. The first-order valence-electron chi connectivity index (χ1n) is 10.7. The molecule has 1 aliphatic heterocycles. The largest absolute Gasteiger partial charge is 0.326 e. The first-order valence-corrected chi connectivity index (χ1v) is 11.9. The molecule has 31 heavy (non-hydrogen) atoms. The maximum Gasteiger partial charge on any atom is 0.266 e. The standard InChI is InChI=1S/C25H28N2O2S2/c1-3-20-9-6-7-10-21(20)26-23(28)11-5-4-8-16-27-24(29)22(31-25(27)30)17-19-14-12-18(2)13-15-19/h6-7,9-10,12-15,17H,3-5,8,11,16H2,1-2H3,(H,26,28). The Labute approximate surface area is 194 Å². The maximum atomic E-state index is 12.7. The van der Waals surface area contributed by atoms with Gasteiger partial charge in [-0.1, -0.05) is 85.4 Å². The van der Waals surface area contributed by atoms with Crippen molar-refractivity contribution in [3.05, 3.63) is 70.1 Å². The molecule has 162 valence electrons. The van der Waals surface area contributed by atoms with Gasteiger partial charge >= 0.3 is 0 Å². The number of amides is 2. The summed E-state index contributed by atoms with van der Waals surface area (Å²) in [5, 5.41) is 3.00. The summed E-state index contributed by atoms with van der Waals surface area (Å²) in [4.78, 5) is 27.3. The van der Waals surface area contributed by atoms with E-state index in [1.807, 2.05) is 61.5 Å². The van der Waals surface area contributed by atoms with Crippen LogP contribution in [0, 0.1) is 6.92 Å². The minimum atomic E-state index is -0.0236. The van der Waals surface area contributed by atoms with Gasteiger partial charge in [0.1, 0.15) is 4.32 Å². The zero-order valence-corrected chi connectivity index (χ0v) is 19.7. The number of carbonyl (C=O) groups excluding carboxylic acids is 2. The molecule has 2 aromatic rings. The molecular weight excluding hydrogens is 424 g/mol. The molecule has 1 fully saturated rings. The first kappa shape index (κ1) is 23.2. The van der Waals surface area contributed by atoms with Crippen molar-refractivity contribution in [1.29, 1.82) is 0 Å². The van der Waals surface area contributed by atoms with Gasteiger partial charge in [-0.15, -0.1) is 0 Å². The van der Waals surface area contributed by atoms with Crippen LogP contribution in [0.15, 0.2) is 53.4 Å². The predicted molar refractivity (Wildman–Crippen MR) is 134 cm³/mol. The van der Waals surface area contributed by atoms with Crippen LogP contribution < -0.4 is 5.32 Å². The molecule has 0 radical (unpaired) electrons. The van der Waals surface area contributed by atoms with Crippen LogP contribution in [0.4, 0.5) is 5.69 Å². The Morgan fingerprint density at radius 1 is 1.10 bits per heavy atom. The fourth-order valence-electron chi connectivity index (χ4n) is 3.40. The number of rotatable bonds is 9. The molecule has 1 heterocycles. The second kappa shape index (κ2) is 11.3. The van der Waals surface area contributed by atoms with Gasteiger partial charge in [-0.2, -0.15) is 0 Å². The fourth-order valence-corrected chi connectivity index (χ4v) is 4.71. The number of hydrogen-bond donors (Lipinski definition) is 1. The third-order valence-electron chi connectivity index (χ3n) is 5.21. The highest BCUT2D eigenvalue weighted by molar-refractivity contribution is 8.26. The molecule has 0 atom stereocenters. The van der Waals surface area contributed by atoms with E-state index in [0.717, 1.165) is 42.5 Å². The van der Waals surface area contributed by atoms with E-state index in [1.54, 1.807) is 4.90 Å². The second-order valence-electron chi connectivity index (χ2n) is 7.61. The Morgan fingerprint density at radius 2 is 1.84 bits per heavy atom. The quantitative estimate of drug-likeness (QED) is 0.290. The highest BCUT2D eigenvalue weighted by Gasteiger charge is 2.31. The Morgan fingerprint density at radius 3 is 2.58 bits per heavy atom. The van der Waals surface area contributed by atoms with E-state index in [2.05, 4.69) is 12.2 Å². The topological polar surface area (TPSA) is 49.4 Å². The van der Waals surface area contributed by atoms with Crippen LogP contribution in [0.3, 0.4) is 0 Å². The number of benzene rings is 2. The molecular formula is C25H28N2O2S2. The zero-order chi connectivity index (χ0) is 22.2. The molecule has 2 aromatic carbocycles. The van der Waals surface area contributed by atoms with Crippen LogP contribution in [0.1, 0.15) is 49.3 Å². The molecule has 1 saturated heterocycles. The first-order chi connectivity index (χ1) is 15.0. The molecule has 0 aromatic heterocycles. The lowest BCUT2D eigenvalue weighted by Gasteiger charge is -2.14. The van der Waals surface area contributed by atoms with Crippen molar-refractivity contribution in [3.8, 4) is 0 Å². The Kier molecular flexibility index (Phi) is 8.43. The Bertz CT molecular complexity index is 983. The minimum Gasteiger partial charge on any atom is -0.326 e. The number of thioether (sulfide) groups is 1. The van der Waals surface area contributed by atoms with Crippen molar-refractivity contribution in [2.24, 2.45) is 0 Å². The number of hydrogen-bond acceptors (Lipinski definition) is 4. The summed E-state index contributed by atoms with van der Waals surface area (Å²) in [6, 6.07) is 16.0. The van der Waals surface area contributed by atoms with Crippen LogP contribution in [0.5, 0.6) is 0 Å². The van der Waals surface area contributed by atoms with Crippen molar-refractivity contribution < 1.29 is 9.59 Å². The van der Waals surface area contributed by atoms with Crippen molar-refractivity contribution >= 4 is 51.9 Å². The van der Waals surface area contributed by atoms with Gasteiger partial charge in [-0.3, -0.25) is 14.5 Å². The molecule has 3 rings (SSSR count). The lowest BCUT2D eigenvalue weighted by molar-refractivity contribution is -0.122. The summed E-state index contributed by atoms with van der Waals surface area (Å²) >= 11 is 6.77. The molecule has 1 aliphatic rings. The number of anilines is 1. The number of nitrogens with zero attached hydrogens (tertiary/aromatic N) is 1. The van der Waals surface area contributed by atoms with Crippen LogP contribution in [0.25, 0.3) is 6.08 Å². The number of aryl methyl sites for hydroxylation is 2. The monoisotopic (exact) mass is 452 g/mol. The smallest absolute Gasteiger partial charge is 0.266 e. The van der Waals surface area contributed by atoms with Gasteiger partial charge in [0.2, 0.25) is 5.91 Å². The van der Waals surface area contributed by atoms with Crippen LogP contribution in [-0.2, 0) is 16.0 Å². The van der Waals surface area contributed by atoms with E-state index >= 15 is 0 Å². The molecule has 2 amide bonds. The predicted octanol–water partition coefficient (Wildman–Crippen LogP) is 5.96. The number of para-hydroxylation sites is 1. The maximum absolute atomic E-state index is 12.7.